The van der Waals surface area contributed by atoms with E-state index in [9.17, 15) is 18.4 Å². The van der Waals surface area contributed by atoms with Crippen molar-refractivity contribution in [3.05, 3.63) is 35.4 Å². The van der Waals surface area contributed by atoms with Crippen LogP contribution in [0, 0.1) is 11.6 Å². The molecule has 1 fully saturated rings. The second-order valence-electron chi connectivity index (χ2n) is 4.38. The molecular formula is C13H14F2N2O2. The summed E-state index contributed by atoms with van der Waals surface area (Å²) in [5, 5.41) is 2.48. The minimum Gasteiger partial charge on any atom is -0.345 e. The van der Waals surface area contributed by atoms with Crippen LogP contribution in [0.15, 0.2) is 18.2 Å². The van der Waals surface area contributed by atoms with Crippen molar-refractivity contribution in [2.45, 2.75) is 25.9 Å². The molecule has 102 valence electrons. The predicted octanol–water partition coefficient (Wildman–Crippen LogP) is 1.20. The Morgan fingerprint density at radius 1 is 1.37 bits per heavy atom. The van der Waals surface area contributed by atoms with Gasteiger partial charge in [0.1, 0.15) is 6.04 Å². The van der Waals surface area contributed by atoms with E-state index in [0.29, 0.717) is 6.42 Å². The highest BCUT2D eigenvalue weighted by molar-refractivity contribution is 5.94. The van der Waals surface area contributed by atoms with E-state index in [4.69, 9.17) is 0 Å². The second-order valence-corrected chi connectivity index (χ2v) is 4.38. The topological polar surface area (TPSA) is 49.4 Å². The normalized spacial score (nSPS) is 19.5. The lowest BCUT2D eigenvalue weighted by Crippen LogP contribution is -2.57. The first-order valence-electron chi connectivity index (χ1n) is 6.04. The maximum atomic E-state index is 13.6. The number of piperazine rings is 1. The van der Waals surface area contributed by atoms with E-state index in [1.807, 2.05) is 0 Å². The summed E-state index contributed by atoms with van der Waals surface area (Å²) < 4.78 is 26.7. The highest BCUT2D eigenvalue weighted by Crippen LogP contribution is 2.18. The molecule has 0 aromatic heterocycles. The van der Waals surface area contributed by atoms with Crippen LogP contribution >= 0.6 is 0 Å². The molecule has 0 radical (unpaired) electrons. The summed E-state index contributed by atoms with van der Waals surface area (Å²) >= 11 is 0. The summed E-state index contributed by atoms with van der Waals surface area (Å²) in [6.07, 6.45) is 0.425. The van der Waals surface area contributed by atoms with Crippen LogP contribution in [-0.2, 0) is 16.1 Å². The molecule has 0 saturated carbocycles. The van der Waals surface area contributed by atoms with Crippen molar-refractivity contribution in [1.82, 2.24) is 10.2 Å². The lowest BCUT2D eigenvalue weighted by Gasteiger charge is -2.34. The Morgan fingerprint density at radius 3 is 2.79 bits per heavy atom. The molecule has 1 aromatic rings. The van der Waals surface area contributed by atoms with Crippen molar-refractivity contribution in [2.24, 2.45) is 0 Å². The molecule has 1 aliphatic heterocycles. The van der Waals surface area contributed by atoms with E-state index >= 15 is 0 Å². The molecule has 1 saturated heterocycles. The fourth-order valence-electron chi connectivity index (χ4n) is 2.16. The van der Waals surface area contributed by atoms with E-state index in [1.54, 1.807) is 6.92 Å². The van der Waals surface area contributed by atoms with Crippen LogP contribution in [0.2, 0.25) is 0 Å². The van der Waals surface area contributed by atoms with Gasteiger partial charge in [-0.15, -0.1) is 0 Å². The Hall–Kier alpha value is -1.98. The molecule has 0 bridgehead atoms. The first kappa shape index (κ1) is 13.5. The minimum absolute atomic E-state index is 0.0708. The van der Waals surface area contributed by atoms with Crippen molar-refractivity contribution in [1.29, 1.82) is 0 Å². The second kappa shape index (κ2) is 5.34. The number of hydrogen-bond donors (Lipinski definition) is 1. The summed E-state index contributed by atoms with van der Waals surface area (Å²) in [5.74, 6) is -2.50. The van der Waals surface area contributed by atoms with Gasteiger partial charge in [0, 0.05) is 12.1 Å². The number of nitrogens with zero attached hydrogens (tertiary/aromatic N) is 1. The van der Waals surface area contributed by atoms with Crippen LogP contribution in [0.5, 0.6) is 0 Å². The van der Waals surface area contributed by atoms with Crippen LogP contribution < -0.4 is 5.32 Å². The number of nitrogens with one attached hydrogen (secondary N) is 1. The summed E-state index contributed by atoms with van der Waals surface area (Å²) in [6.45, 7) is 1.55. The van der Waals surface area contributed by atoms with E-state index in [1.165, 1.54) is 17.0 Å². The van der Waals surface area contributed by atoms with Crippen molar-refractivity contribution in [2.75, 3.05) is 6.54 Å². The lowest BCUT2D eigenvalue weighted by atomic mass is 10.1. The van der Waals surface area contributed by atoms with Gasteiger partial charge in [0.05, 0.1) is 6.54 Å². The largest absolute Gasteiger partial charge is 0.345 e. The monoisotopic (exact) mass is 268 g/mol. The zero-order valence-electron chi connectivity index (χ0n) is 10.5. The fraction of sp³-hybridized carbons (Fsp3) is 0.385. The van der Waals surface area contributed by atoms with Crippen LogP contribution in [0.4, 0.5) is 8.78 Å². The van der Waals surface area contributed by atoms with Crippen LogP contribution in [0.1, 0.15) is 18.9 Å². The third kappa shape index (κ3) is 2.57. The Kier molecular flexibility index (Phi) is 3.78. The molecule has 6 heteroatoms. The Bertz CT molecular complexity index is 519. The molecule has 0 aliphatic carbocycles. The molecule has 1 aromatic carbocycles. The van der Waals surface area contributed by atoms with Crippen LogP contribution in [0.25, 0.3) is 0 Å². The van der Waals surface area contributed by atoms with Crippen LogP contribution in [-0.4, -0.2) is 29.3 Å². The Morgan fingerprint density at radius 2 is 2.11 bits per heavy atom. The van der Waals surface area contributed by atoms with Gasteiger partial charge in [-0.25, -0.2) is 8.78 Å². The highest BCUT2D eigenvalue weighted by atomic mass is 19.2. The smallest absolute Gasteiger partial charge is 0.243 e. The van der Waals surface area contributed by atoms with Gasteiger partial charge in [-0.1, -0.05) is 19.1 Å². The molecule has 1 N–H and O–H groups in total. The first-order chi connectivity index (χ1) is 9.04. The average Bonchev–Trinajstić information content (AvgIpc) is 2.39. The molecule has 2 amide bonds. The van der Waals surface area contributed by atoms with Gasteiger partial charge in [-0.05, 0) is 12.5 Å². The lowest BCUT2D eigenvalue weighted by molar-refractivity contribution is -0.146. The molecule has 1 unspecified atom stereocenters. The third-order valence-electron chi connectivity index (χ3n) is 3.17. The number of carbonyl (C=O) groups excluding carboxylic acids is 2. The Labute approximate surface area is 109 Å². The summed E-state index contributed by atoms with van der Waals surface area (Å²) in [4.78, 5) is 24.7. The van der Waals surface area contributed by atoms with Gasteiger partial charge in [0.2, 0.25) is 11.8 Å². The molecule has 1 heterocycles. The molecule has 1 aliphatic rings. The summed E-state index contributed by atoms with van der Waals surface area (Å²) in [7, 11) is 0. The zero-order valence-corrected chi connectivity index (χ0v) is 10.5. The number of carbonyl (C=O) groups is 2. The van der Waals surface area contributed by atoms with E-state index in [0.717, 1.165) is 6.07 Å². The van der Waals surface area contributed by atoms with Crippen molar-refractivity contribution < 1.29 is 18.4 Å². The summed E-state index contributed by atoms with van der Waals surface area (Å²) in [5.41, 5.74) is 0.0708. The number of rotatable bonds is 3. The van der Waals surface area contributed by atoms with Gasteiger partial charge in [0.15, 0.2) is 11.6 Å². The first-order valence-corrected chi connectivity index (χ1v) is 6.04. The van der Waals surface area contributed by atoms with Gasteiger partial charge in [-0.3, -0.25) is 9.59 Å². The average molecular weight is 268 g/mol. The number of benzene rings is 1. The van der Waals surface area contributed by atoms with Gasteiger partial charge >= 0.3 is 0 Å². The van der Waals surface area contributed by atoms with Crippen LogP contribution in [0.3, 0.4) is 0 Å². The Balaban J connectivity index is 2.26. The van der Waals surface area contributed by atoms with Gasteiger partial charge in [0.25, 0.3) is 0 Å². The van der Waals surface area contributed by atoms with E-state index in [2.05, 4.69) is 5.32 Å². The SMILES string of the molecule is CCC1C(=O)NCC(=O)N1Cc1cccc(F)c1F. The fourth-order valence-corrected chi connectivity index (χ4v) is 2.16. The van der Waals surface area contributed by atoms with Gasteiger partial charge in [-0.2, -0.15) is 0 Å². The number of amides is 2. The molecular weight excluding hydrogens is 254 g/mol. The molecule has 0 spiro atoms. The molecule has 2 rings (SSSR count). The van der Waals surface area contributed by atoms with Crippen molar-refractivity contribution in [3.8, 4) is 0 Å². The van der Waals surface area contributed by atoms with Gasteiger partial charge < -0.3 is 10.2 Å². The maximum absolute atomic E-state index is 13.6. The maximum Gasteiger partial charge on any atom is 0.243 e. The zero-order chi connectivity index (χ0) is 14.0. The molecule has 19 heavy (non-hydrogen) atoms. The molecule has 1 atom stereocenters. The number of halogens is 2. The third-order valence-corrected chi connectivity index (χ3v) is 3.17. The highest BCUT2D eigenvalue weighted by Gasteiger charge is 2.33. The number of hydrogen-bond acceptors (Lipinski definition) is 2. The summed E-state index contributed by atoms with van der Waals surface area (Å²) in [6, 6.07) is 3.17. The van der Waals surface area contributed by atoms with E-state index in [-0.39, 0.29) is 30.5 Å². The van der Waals surface area contributed by atoms with Crippen molar-refractivity contribution in [3.63, 3.8) is 0 Å². The standard InChI is InChI=1S/C13H14F2N2O2/c1-2-10-13(19)16-6-11(18)17(10)7-8-4-3-5-9(14)12(8)15/h3-5,10H,2,6-7H2,1H3,(H,16,19). The predicted molar refractivity (Wildman–Crippen MR) is 64.0 cm³/mol. The molecule has 4 nitrogen and oxygen atoms in total. The quantitative estimate of drug-likeness (QED) is 0.895. The minimum atomic E-state index is -0.976. The van der Waals surface area contributed by atoms with E-state index < -0.39 is 17.7 Å². The van der Waals surface area contributed by atoms with Crippen molar-refractivity contribution >= 4 is 11.8 Å².